The number of urea groups is 1. The molecule has 23 heavy (non-hydrogen) atoms. The van der Waals surface area contributed by atoms with E-state index in [0.717, 1.165) is 5.56 Å². The van der Waals surface area contributed by atoms with Gasteiger partial charge in [-0.1, -0.05) is 0 Å². The zero-order valence-corrected chi connectivity index (χ0v) is 13.6. The van der Waals surface area contributed by atoms with Crippen LogP contribution in [0, 0.1) is 18.3 Å². The van der Waals surface area contributed by atoms with Gasteiger partial charge in [-0.25, -0.2) is 4.79 Å². The van der Waals surface area contributed by atoms with Crippen molar-refractivity contribution in [3.8, 4) is 11.8 Å². The summed E-state index contributed by atoms with van der Waals surface area (Å²) < 4.78 is 1.84. The van der Waals surface area contributed by atoms with E-state index in [2.05, 4.69) is 16.7 Å². The molecule has 2 amide bonds. The number of aryl methyl sites for hydroxylation is 1. The molecule has 0 aliphatic rings. The van der Waals surface area contributed by atoms with E-state index in [-0.39, 0.29) is 11.3 Å². The Kier molecular flexibility index (Phi) is 4.32. The number of nitriles is 1. The molecular formula is C17H20N4O2. The number of nitrogens with zero attached hydrogens (tertiary/aromatic N) is 2. The lowest BCUT2D eigenvalue weighted by atomic mass is 10.1. The van der Waals surface area contributed by atoms with Crippen molar-refractivity contribution in [1.82, 2.24) is 4.57 Å². The van der Waals surface area contributed by atoms with Gasteiger partial charge in [-0.15, -0.1) is 0 Å². The summed E-state index contributed by atoms with van der Waals surface area (Å²) in [5, 5.41) is 24.0. The number of carbonyl (C=O) groups is 1. The molecule has 0 aliphatic carbocycles. The number of phenols is 1. The van der Waals surface area contributed by atoms with Crippen LogP contribution in [-0.4, -0.2) is 15.7 Å². The minimum absolute atomic E-state index is 0.147. The summed E-state index contributed by atoms with van der Waals surface area (Å²) in [4.78, 5) is 12.2. The van der Waals surface area contributed by atoms with Gasteiger partial charge in [-0.2, -0.15) is 5.26 Å². The summed E-state index contributed by atoms with van der Waals surface area (Å²) in [6, 6.07) is 8.01. The third kappa shape index (κ3) is 3.83. The minimum atomic E-state index is -0.410. The van der Waals surface area contributed by atoms with Crippen LogP contribution in [0.2, 0.25) is 0 Å². The normalized spacial score (nSPS) is 10.9. The molecule has 0 saturated heterocycles. The van der Waals surface area contributed by atoms with Crippen LogP contribution in [-0.2, 0) is 5.54 Å². The van der Waals surface area contributed by atoms with Crippen LogP contribution in [0.4, 0.5) is 16.3 Å². The van der Waals surface area contributed by atoms with Gasteiger partial charge in [0.1, 0.15) is 17.6 Å². The zero-order valence-electron chi connectivity index (χ0n) is 13.6. The molecule has 120 valence electrons. The fourth-order valence-corrected chi connectivity index (χ4v) is 2.23. The maximum absolute atomic E-state index is 12.2. The maximum Gasteiger partial charge on any atom is 0.324 e. The topological polar surface area (TPSA) is 90.1 Å². The SMILES string of the molecule is Cc1cc(O)ccc1NC(=O)Nc1cc(C#N)cn1C(C)(C)C. The Morgan fingerprint density at radius 3 is 2.52 bits per heavy atom. The standard InChI is InChI=1S/C17H20N4O2/c1-11-7-13(22)5-6-14(11)19-16(23)20-15-8-12(9-18)10-21(15)17(2,3)4/h5-8,10,22H,1-4H3,(H2,19,20,23). The van der Waals surface area contributed by atoms with Gasteiger partial charge in [0.15, 0.2) is 0 Å². The van der Waals surface area contributed by atoms with Gasteiger partial charge in [0.2, 0.25) is 0 Å². The first-order chi connectivity index (χ1) is 10.7. The molecule has 2 aromatic rings. The lowest BCUT2D eigenvalue weighted by Crippen LogP contribution is -2.27. The molecule has 0 aliphatic heterocycles. The molecule has 3 N–H and O–H groups in total. The molecule has 6 nitrogen and oxygen atoms in total. The summed E-state index contributed by atoms with van der Waals surface area (Å²) in [6.45, 7) is 7.76. The zero-order chi connectivity index (χ0) is 17.2. The summed E-state index contributed by atoms with van der Waals surface area (Å²) in [5.74, 6) is 0.691. The van der Waals surface area contributed by atoms with Crippen LogP contribution in [0.25, 0.3) is 0 Å². The number of nitrogens with one attached hydrogen (secondary N) is 2. The first kappa shape index (κ1) is 16.4. The highest BCUT2D eigenvalue weighted by Gasteiger charge is 2.19. The van der Waals surface area contributed by atoms with Crippen LogP contribution in [0.1, 0.15) is 31.9 Å². The van der Waals surface area contributed by atoms with Crippen LogP contribution in [0.15, 0.2) is 30.5 Å². The van der Waals surface area contributed by atoms with E-state index in [1.807, 2.05) is 25.3 Å². The molecule has 1 heterocycles. The van der Waals surface area contributed by atoms with Crippen molar-refractivity contribution in [3.63, 3.8) is 0 Å². The first-order valence-corrected chi connectivity index (χ1v) is 7.21. The molecule has 0 spiro atoms. The van der Waals surface area contributed by atoms with Crippen LogP contribution in [0.3, 0.4) is 0 Å². The highest BCUT2D eigenvalue weighted by molar-refractivity contribution is 6.00. The quantitative estimate of drug-likeness (QED) is 0.737. The molecule has 0 atom stereocenters. The van der Waals surface area contributed by atoms with E-state index >= 15 is 0 Å². The van der Waals surface area contributed by atoms with Crippen LogP contribution < -0.4 is 10.6 Å². The van der Waals surface area contributed by atoms with Crippen molar-refractivity contribution in [2.75, 3.05) is 10.6 Å². The number of rotatable bonds is 2. The molecule has 0 saturated carbocycles. The van der Waals surface area contributed by atoms with Crippen molar-refractivity contribution in [2.24, 2.45) is 0 Å². The molecule has 1 aromatic carbocycles. The van der Waals surface area contributed by atoms with E-state index < -0.39 is 6.03 Å². The van der Waals surface area contributed by atoms with Gasteiger partial charge in [-0.3, -0.25) is 5.32 Å². The summed E-state index contributed by atoms with van der Waals surface area (Å²) in [6.07, 6.45) is 1.71. The van der Waals surface area contributed by atoms with Gasteiger partial charge < -0.3 is 15.0 Å². The first-order valence-electron chi connectivity index (χ1n) is 7.21. The third-order valence-electron chi connectivity index (χ3n) is 3.37. The number of aromatic hydroxyl groups is 1. The van der Waals surface area contributed by atoms with Gasteiger partial charge in [0.05, 0.1) is 5.56 Å². The number of amides is 2. The van der Waals surface area contributed by atoms with Crippen molar-refractivity contribution in [1.29, 1.82) is 5.26 Å². The van der Waals surface area contributed by atoms with Gasteiger partial charge in [0.25, 0.3) is 0 Å². The highest BCUT2D eigenvalue weighted by Crippen LogP contribution is 2.25. The number of hydrogen-bond acceptors (Lipinski definition) is 3. The fraction of sp³-hybridized carbons (Fsp3) is 0.294. The Morgan fingerprint density at radius 2 is 1.96 bits per heavy atom. The third-order valence-corrected chi connectivity index (χ3v) is 3.37. The molecule has 6 heteroatoms. The summed E-state index contributed by atoms with van der Waals surface area (Å²) in [5.41, 5.74) is 1.57. The average molecular weight is 312 g/mol. The van der Waals surface area contributed by atoms with Gasteiger partial charge in [0, 0.05) is 17.4 Å². The van der Waals surface area contributed by atoms with Crippen LogP contribution >= 0.6 is 0 Å². The van der Waals surface area contributed by atoms with Crippen molar-refractivity contribution in [2.45, 2.75) is 33.2 Å². The largest absolute Gasteiger partial charge is 0.508 e. The number of carbonyl (C=O) groups excluding carboxylic acids is 1. The lowest BCUT2D eigenvalue weighted by molar-refractivity contribution is 0.261. The van der Waals surface area contributed by atoms with E-state index in [0.29, 0.717) is 17.1 Å². The number of hydrogen-bond donors (Lipinski definition) is 3. The van der Waals surface area contributed by atoms with E-state index in [9.17, 15) is 9.90 Å². The lowest BCUT2D eigenvalue weighted by Gasteiger charge is -2.24. The molecular weight excluding hydrogens is 292 g/mol. The van der Waals surface area contributed by atoms with Crippen molar-refractivity contribution in [3.05, 3.63) is 41.6 Å². The van der Waals surface area contributed by atoms with E-state index in [1.165, 1.54) is 6.07 Å². The van der Waals surface area contributed by atoms with Crippen LogP contribution in [0.5, 0.6) is 5.75 Å². The number of phenolic OH excluding ortho intramolecular Hbond substituents is 1. The van der Waals surface area contributed by atoms with Gasteiger partial charge >= 0.3 is 6.03 Å². The summed E-state index contributed by atoms with van der Waals surface area (Å²) >= 11 is 0. The average Bonchev–Trinajstić information content (AvgIpc) is 2.85. The molecule has 1 aromatic heterocycles. The molecule has 2 rings (SSSR count). The monoisotopic (exact) mass is 312 g/mol. The minimum Gasteiger partial charge on any atom is -0.508 e. The smallest absolute Gasteiger partial charge is 0.324 e. The predicted octanol–water partition coefficient (Wildman–Crippen LogP) is 3.77. The Hall–Kier alpha value is -2.94. The Balaban J connectivity index is 2.20. The maximum atomic E-state index is 12.2. The van der Waals surface area contributed by atoms with Crippen molar-refractivity contribution >= 4 is 17.5 Å². The van der Waals surface area contributed by atoms with E-state index in [1.54, 1.807) is 31.3 Å². The Labute approximate surface area is 135 Å². The predicted molar refractivity (Wildman–Crippen MR) is 89.6 cm³/mol. The second-order valence-electron chi connectivity index (χ2n) is 6.34. The Bertz CT molecular complexity index is 779. The molecule has 0 bridgehead atoms. The molecule has 0 radical (unpaired) electrons. The number of benzene rings is 1. The fourth-order valence-electron chi connectivity index (χ4n) is 2.23. The second kappa shape index (κ2) is 6.05. The highest BCUT2D eigenvalue weighted by atomic mass is 16.3. The van der Waals surface area contributed by atoms with Crippen molar-refractivity contribution < 1.29 is 9.90 Å². The molecule has 0 unspecified atom stereocenters. The second-order valence-corrected chi connectivity index (χ2v) is 6.34. The Morgan fingerprint density at radius 1 is 1.26 bits per heavy atom. The number of aromatic nitrogens is 1. The molecule has 0 fully saturated rings. The summed E-state index contributed by atoms with van der Waals surface area (Å²) in [7, 11) is 0. The number of anilines is 2. The van der Waals surface area contributed by atoms with Gasteiger partial charge in [-0.05, 0) is 57.5 Å². The van der Waals surface area contributed by atoms with E-state index in [4.69, 9.17) is 5.26 Å².